The quantitative estimate of drug-likeness (QED) is 0.677. The zero-order valence-corrected chi connectivity index (χ0v) is 13.1. The van der Waals surface area contributed by atoms with E-state index in [2.05, 4.69) is 23.2 Å². The number of aromatic nitrogens is 1. The minimum atomic E-state index is -1.11. The lowest BCUT2D eigenvalue weighted by Gasteiger charge is -2.03. The van der Waals surface area contributed by atoms with Crippen LogP contribution in [0.3, 0.4) is 0 Å². The summed E-state index contributed by atoms with van der Waals surface area (Å²) in [5, 5.41) is 17.4. The first-order valence-corrected chi connectivity index (χ1v) is 7.25. The Kier molecular flexibility index (Phi) is 5.52. The summed E-state index contributed by atoms with van der Waals surface area (Å²) in [6.07, 6.45) is 1.93. The second kappa shape index (κ2) is 7.78. The molecule has 0 atom stereocenters. The molecule has 0 fully saturated rings. The van der Waals surface area contributed by atoms with Crippen molar-refractivity contribution in [1.29, 1.82) is 0 Å². The molecule has 122 valence electrons. The van der Waals surface area contributed by atoms with Crippen LogP contribution in [0.25, 0.3) is 11.3 Å². The van der Waals surface area contributed by atoms with Crippen LogP contribution in [-0.2, 0) is 0 Å². The van der Waals surface area contributed by atoms with E-state index in [1.807, 2.05) is 30.5 Å². The van der Waals surface area contributed by atoms with Crippen LogP contribution >= 0.6 is 0 Å². The normalized spacial score (nSPS) is 9.71. The lowest BCUT2D eigenvalue weighted by atomic mass is 10.0. The Balaban J connectivity index is 0.000000175. The van der Waals surface area contributed by atoms with Gasteiger partial charge in [0, 0.05) is 11.9 Å². The van der Waals surface area contributed by atoms with E-state index < -0.39 is 11.9 Å². The summed E-state index contributed by atoms with van der Waals surface area (Å²) in [5.41, 5.74) is 2.74. The number of nitrogens with one attached hydrogen (secondary N) is 1. The molecule has 0 aliphatic rings. The van der Waals surface area contributed by atoms with Gasteiger partial charge in [0.05, 0.1) is 11.1 Å². The van der Waals surface area contributed by atoms with Crippen LogP contribution in [0.15, 0.2) is 66.9 Å². The van der Waals surface area contributed by atoms with E-state index in [0.29, 0.717) is 0 Å². The van der Waals surface area contributed by atoms with E-state index in [4.69, 9.17) is 10.2 Å². The number of carboxylic acid groups (broad SMARTS) is 2. The Bertz CT molecular complexity index is 792. The summed E-state index contributed by atoms with van der Waals surface area (Å²) >= 11 is 0. The molecule has 3 rings (SSSR count). The highest BCUT2D eigenvalue weighted by Gasteiger charge is 2.13. The number of benzene rings is 2. The number of rotatable bonds is 3. The van der Waals surface area contributed by atoms with Gasteiger partial charge < -0.3 is 15.2 Å². The molecule has 3 N–H and O–H groups in total. The zero-order chi connectivity index (χ0) is 17.5. The Morgan fingerprint density at radius 1 is 0.792 bits per heavy atom. The standard InChI is InChI=1S/C10H9N.C9H8O4/c1-2-5-9(6-3-1)10-7-4-8-11-10;1-5-6(8(10)11)3-2-4-7(5)9(12)13/h1-8,11H;2-4H,1H3,(H,10,11)(H,12,13). The molecule has 0 amide bonds. The SMILES string of the molecule is Cc1c(C(=O)O)cccc1C(=O)O.c1ccc(-c2ccc[nH]2)cc1. The van der Waals surface area contributed by atoms with Crippen molar-refractivity contribution in [2.75, 3.05) is 0 Å². The van der Waals surface area contributed by atoms with Crippen molar-refractivity contribution < 1.29 is 19.8 Å². The Labute approximate surface area is 139 Å². The molecular weight excluding hydrogens is 306 g/mol. The van der Waals surface area contributed by atoms with E-state index in [1.54, 1.807) is 0 Å². The van der Waals surface area contributed by atoms with E-state index in [-0.39, 0.29) is 16.7 Å². The molecule has 0 radical (unpaired) electrons. The highest BCUT2D eigenvalue weighted by atomic mass is 16.4. The van der Waals surface area contributed by atoms with Crippen LogP contribution in [0, 0.1) is 6.92 Å². The van der Waals surface area contributed by atoms with Gasteiger partial charge in [0.2, 0.25) is 0 Å². The second-order valence-electron chi connectivity index (χ2n) is 5.04. The van der Waals surface area contributed by atoms with E-state index in [1.165, 1.54) is 36.4 Å². The monoisotopic (exact) mass is 323 g/mol. The summed E-state index contributed by atoms with van der Waals surface area (Å²) in [6, 6.07) is 18.5. The van der Waals surface area contributed by atoms with Gasteiger partial charge in [-0.1, -0.05) is 36.4 Å². The Hall–Kier alpha value is -3.34. The topological polar surface area (TPSA) is 90.4 Å². The lowest BCUT2D eigenvalue weighted by Crippen LogP contribution is -2.06. The molecule has 5 nitrogen and oxygen atoms in total. The summed E-state index contributed by atoms with van der Waals surface area (Å²) < 4.78 is 0. The predicted molar refractivity (Wildman–Crippen MR) is 91.3 cm³/mol. The fourth-order valence-electron chi connectivity index (χ4n) is 2.23. The smallest absolute Gasteiger partial charge is 0.335 e. The summed E-state index contributed by atoms with van der Waals surface area (Å²) in [5.74, 6) is -2.22. The molecular formula is C19H17NO4. The molecule has 5 heteroatoms. The molecule has 0 saturated carbocycles. The van der Waals surface area contributed by atoms with E-state index in [9.17, 15) is 9.59 Å². The average molecular weight is 323 g/mol. The molecule has 0 spiro atoms. The first-order chi connectivity index (χ1) is 11.5. The number of H-pyrrole nitrogens is 1. The highest BCUT2D eigenvalue weighted by Crippen LogP contribution is 2.15. The van der Waals surface area contributed by atoms with Gasteiger partial charge in [0.15, 0.2) is 0 Å². The molecule has 2 aromatic carbocycles. The van der Waals surface area contributed by atoms with Crippen LogP contribution < -0.4 is 0 Å². The van der Waals surface area contributed by atoms with Crippen molar-refractivity contribution in [3.63, 3.8) is 0 Å². The molecule has 1 aromatic heterocycles. The molecule has 0 bridgehead atoms. The predicted octanol–water partition coefficient (Wildman–Crippen LogP) is 4.07. The molecule has 24 heavy (non-hydrogen) atoms. The number of hydrogen-bond acceptors (Lipinski definition) is 2. The Morgan fingerprint density at radius 3 is 1.83 bits per heavy atom. The van der Waals surface area contributed by atoms with Crippen molar-refractivity contribution in [3.05, 3.63) is 83.6 Å². The maximum atomic E-state index is 10.6. The number of hydrogen-bond donors (Lipinski definition) is 3. The minimum Gasteiger partial charge on any atom is -0.478 e. The van der Waals surface area contributed by atoms with Gasteiger partial charge in [0.1, 0.15) is 0 Å². The van der Waals surface area contributed by atoms with Crippen molar-refractivity contribution >= 4 is 11.9 Å². The third-order valence-electron chi connectivity index (χ3n) is 3.48. The third kappa shape index (κ3) is 4.10. The minimum absolute atomic E-state index is 0.0277. The van der Waals surface area contributed by atoms with Crippen LogP contribution in [0.4, 0.5) is 0 Å². The summed E-state index contributed by atoms with van der Waals surface area (Å²) in [4.78, 5) is 24.4. The van der Waals surface area contributed by atoms with E-state index in [0.717, 1.165) is 0 Å². The molecule has 1 heterocycles. The van der Waals surface area contributed by atoms with Crippen LogP contribution in [0.5, 0.6) is 0 Å². The second-order valence-corrected chi connectivity index (χ2v) is 5.04. The summed E-state index contributed by atoms with van der Waals surface area (Å²) in [6.45, 7) is 1.48. The van der Waals surface area contributed by atoms with Crippen LogP contribution in [-0.4, -0.2) is 27.1 Å². The highest BCUT2D eigenvalue weighted by molar-refractivity contribution is 5.96. The zero-order valence-electron chi connectivity index (χ0n) is 13.1. The average Bonchev–Trinajstić information content (AvgIpc) is 3.10. The fraction of sp³-hybridized carbons (Fsp3) is 0.0526. The van der Waals surface area contributed by atoms with Gasteiger partial charge in [0.25, 0.3) is 0 Å². The number of carbonyl (C=O) groups is 2. The fourth-order valence-corrected chi connectivity index (χ4v) is 2.23. The van der Waals surface area contributed by atoms with Gasteiger partial charge in [-0.25, -0.2) is 9.59 Å². The maximum Gasteiger partial charge on any atom is 0.335 e. The molecule has 0 aliphatic carbocycles. The van der Waals surface area contributed by atoms with Crippen LogP contribution in [0.2, 0.25) is 0 Å². The number of aromatic carboxylic acids is 2. The van der Waals surface area contributed by atoms with Gasteiger partial charge >= 0.3 is 11.9 Å². The van der Waals surface area contributed by atoms with E-state index >= 15 is 0 Å². The van der Waals surface area contributed by atoms with Gasteiger partial charge in [-0.05, 0) is 42.3 Å². The van der Waals surface area contributed by atoms with Crippen molar-refractivity contribution in [2.24, 2.45) is 0 Å². The third-order valence-corrected chi connectivity index (χ3v) is 3.48. The maximum absolute atomic E-state index is 10.6. The largest absolute Gasteiger partial charge is 0.478 e. The van der Waals surface area contributed by atoms with Gasteiger partial charge in [-0.2, -0.15) is 0 Å². The molecule has 3 aromatic rings. The van der Waals surface area contributed by atoms with Crippen LogP contribution in [0.1, 0.15) is 26.3 Å². The van der Waals surface area contributed by atoms with Crippen molar-refractivity contribution in [1.82, 2.24) is 4.98 Å². The number of carboxylic acids is 2. The summed E-state index contributed by atoms with van der Waals surface area (Å²) in [7, 11) is 0. The first-order valence-electron chi connectivity index (χ1n) is 7.25. The van der Waals surface area contributed by atoms with Gasteiger partial charge in [-0.15, -0.1) is 0 Å². The number of aromatic amines is 1. The molecule has 0 saturated heterocycles. The van der Waals surface area contributed by atoms with Crippen molar-refractivity contribution in [2.45, 2.75) is 6.92 Å². The molecule has 0 unspecified atom stereocenters. The molecule has 0 aliphatic heterocycles. The first kappa shape index (κ1) is 17.0. The Morgan fingerprint density at radius 2 is 1.38 bits per heavy atom. The lowest BCUT2D eigenvalue weighted by molar-refractivity contribution is 0.0696. The van der Waals surface area contributed by atoms with Crippen molar-refractivity contribution in [3.8, 4) is 11.3 Å². The van der Waals surface area contributed by atoms with Gasteiger partial charge in [-0.3, -0.25) is 0 Å².